The highest BCUT2D eigenvalue weighted by Crippen LogP contribution is 2.13. The molecule has 0 radical (unpaired) electrons. The van der Waals surface area contributed by atoms with E-state index in [1.807, 2.05) is 0 Å². The molecule has 0 spiro atoms. The number of aromatic amines is 1. The van der Waals surface area contributed by atoms with Crippen molar-refractivity contribution in [1.82, 2.24) is 9.97 Å². The van der Waals surface area contributed by atoms with Crippen LogP contribution in [0.15, 0.2) is 11.0 Å². The lowest BCUT2D eigenvalue weighted by Gasteiger charge is -2.16. The van der Waals surface area contributed by atoms with Crippen LogP contribution in [0.2, 0.25) is 0 Å². The largest absolute Gasteiger partial charge is 0.394 e. The third kappa shape index (κ3) is 3.03. The van der Waals surface area contributed by atoms with Gasteiger partial charge in [0.2, 0.25) is 0 Å². The van der Waals surface area contributed by atoms with Gasteiger partial charge in [0.15, 0.2) is 5.95 Å². The van der Waals surface area contributed by atoms with Crippen LogP contribution in [0.5, 0.6) is 0 Å². The zero-order valence-electron chi connectivity index (χ0n) is 8.73. The van der Waals surface area contributed by atoms with Crippen LogP contribution in [0.3, 0.4) is 0 Å². The SMILES string of the molecule is CC(CO)OC(C)c1cnc(N)[nH]c1=O. The molecule has 0 aliphatic rings. The summed E-state index contributed by atoms with van der Waals surface area (Å²) < 4.78 is 5.36. The van der Waals surface area contributed by atoms with E-state index in [-0.39, 0.29) is 24.2 Å². The fourth-order valence-electron chi connectivity index (χ4n) is 1.17. The normalized spacial score (nSPS) is 14.9. The Bertz CT molecular complexity index is 377. The molecule has 0 aromatic carbocycles. The standard InChI is InChI=1S/C9H15N3O3/c1-5(4-13)15-6(2)7-3-11-9(10)12-8(7)14/h3,5-6,13H,4H2,1-2H3,(H3,10,11,12,14). The molecule has 15 heavy (non-hydrogen) atoms. The van der Waals surface area contributed by atoms with E-state index in [4.69, 9.17) is 15.6 Å². The lowest BCUT2D eigenvalue weighted by Crippen LogP contribution is -2.22. The Labute approximate surface area is 87.1 Å². The van der Waals surface area contributed by atoms with Gasteiger partial charge in [-0.1, -0.05) is 0 Å². The van der Waals surface area contributed by atoms with E-state index < -0.39 is 6.10 Å². The van der Waals surface area contributed by atoms with Crippen molar-refractivity contribution in [3.63, 3.8) is 0 Å². The van der Waals surface area contributed by atoms with E-state index in [0.717, 1.165) is 0 Å². The summed E-state index contributed by atoms with van der Waals surface area (Å²) in [5, 5.41) is 8.80. The van der Waals surface area contributed by atoms with E-state index >= 15 is 0 Å². The molecule has 1 aromatic heterocycles. The number of aromatic nitrogens is 2. The highest BCUT2D eigenvalue weighted by Gasteiger charge is 2.13. The fraction of sp³-hybridized carbons (Fsp3) is 0.556. The number of hydrogen-bond donors (Lipinski definition) is 3. The molecular weight excluding hydrogens is 198 g/mol. The quantitative estimate of drug-likeness (QED) is 0.643. The Hall–Kier alpha value is -1.40. The van der Waals surface area contributed by atoms with Gasteiger partial charge in [0.05, 0.1) is 24.4 Å². The number of nitrogens with zero attached hydrogens (tertiary/aromatic N) is 1. The number of H-pyrrole nitrogens is 1. The van der Waals surface area contributed by atoms with Crippen LogP contribution < -0.4 is 11.3 Å². The molecule has 0 saturated heterocycles. The fourth-order valence-corrected chi connectivity index (χ4v) is 1.17. The second kappa shape index (κ2) is 4.90. The van der Waals surface area contributed by atoms with Crippen LogP contribution in [-0.2, 0) is 4.74 Å². The van der Waals surface area contributed by atoms with E-state index in [1.54, 1.807) is 13.8 Å². The monoisotopic (exact) mass is 213 g/mol. The molecule has 6 nitrogen and oxygen atoms in total. The average molecular weight is 213 g/mol. The third-order valence-corrected chi connectivity index (χ3v) is 1.98. The molecule has 2 atom stereocenters. The Morgan fingerprint density at radius 1 is 1.67 bits per heavy atom. The molecule has 84 valence electrons. The predicted octanol–water partition coefficient (Wildman–Crippen LogP) is -0.190. The number of rotatable bonds is 4. The van der Waals surface area contributed by atoms with E-state index in [0.29, 0.717) is 5.56 Å². The number of aliphatic hydroxyl groups excluding tert-OH is 1. The summed E-state index contributed by atoms with van der Waals surface area (Å²) in [5.74, 6) is 0.0751. The van der Waals surface area contributed by atoms with Crippen molar-refractivity contribution >= 4 is 5.95 Å². The van der Waals surface area contributed by atoms with E-state index in [9.17, 15) is 4.79 Å². The van der Waals surface area contributed by atoms with Crippen molar-refractivity contribution in [1.29, 1.82) is 0 Å². The molecule has 6 heteroatoms. The summed E-state index contributed by atoms with van der Waals surface area (Å²) in [5.41, 5.74) is 5.38. The Morgan fingerprint density at radius 2 is 2.33 bits per heavy atom. The number of anilines is 1. The lowest BCUT2D eigenvalue weighted by atomic mass is 10.2. The zero-order valence-corrected chi connectivity index (χ0v) is 8.73. The number of nitrogens with one attached hydrogen (secondary N) is 1. The van der Waals surface area contributed by atoms with Crippen molar-refractivity contribution in [2.45, 2.75) is 26.1 Å². The Balaban J connectivity index is 2.82. The van der Waals surface area contributed by atoms with Gasteiger partial charge in [0, 0.05) is 6.20 Å². The first kappa shape index (κ1) is 11.7. The molecule has 0 bridgehead atoms. The van der Waals surface area contributed by atoms with Gasteiger partial charge < -0.3 is 15.6 Å². The molecule has 0 fully saturated rings. The number of aliphatic hydroxyl groups is 1. The highest BCUT2D eigenvalue weighted by atomic mass is 16.5. The molecule has 1 heterocycles. The van der Waals surface area contributed by atoms with Crippen molar-refractivity contribution in [3.05, 3.63) is 22.1 Å². The first-order chi connectivity index (χ1) is 7.04. The molecule has 0 saturated carbocycles. The van der Waals surface area contributed by atoms with Gasteiger partial charge in [-0.3, -0.25) is 9.78 Å². The van der Waals surface area contributed by atoms with Crippen molar-refractivity contribution < 1.29 is 9.84 Å². The van der Waals surface area contributed by atoms with Gasteiger partial charge in [-0.2, -0.15) is 0 Å². The maximum atomic E-state index is 11.4. The molecule has 1 aromatic rings. The second-order valence-electron chi connectivity index (χ2n) is 3.32. The van der Waals surface area contributed by atoms with Gasteiger partial charge in [-0.05, 0) is 13.8 Å². The minimum absolute atomic E-state index is 0.0751. The smallest absolute Gasteiger partial charge is 0.258 e. The molecule has 0 amide bonds. The Morgan fingerprint density at radius 3 is 2.87 bits per heavy atom. The molecule has 0 aliphatic carbocycles. The highest BCUT2D eigenvalue weighted by molar-refractivity contribution is 5.18. The maximum Gasteiger partial charge on any atom is 0.258 e. The molecule has 0 aliphatic heterocycles. The lowest BCUT2D eigenvalue weighted by molar-refractivity contribution is -0.0226. The number of nitrogen functional groups attached to an aromatic ring is 1. The molecule has 2 unspecified atom stereocenters. The molecule has 4 N–H and O–H groups in total. The summed E-state index contributed by atoms with van der Waals surface area (Å²) in [4.78, 5) is 17.6. The summed E-state index contributed by atoms with van der Waals surface area (Å²) >= 11 is 0. The van der Waals surface area contributed by atoms with Crippen LogP contribution in [0, 0.1) is 0 Å². The number of ether oxygens (including phenoxy) is 1. The van der Waals surface area contributed by atoms with Gasteiger partial charge in [-0.25, -0.2) is 4.98 Å². The first-order valence-corrected chi connectivity index (χ1v) is 4.65. The predicted molar refractivity (Wildman–Crippen MR) is 55.3 cm³/mol. The van der Waals surface area contributed by atoms with Gasteiger partial charge in [0.25, 0.3) is 5.56 Å². The number of nitrogens with two attached hydrogens (primary N) is 1. The van der Waals surface area contributed by atoms with Crippen LogP contribution in [-0.4, -0.2) is 27.8 Å². The van der Waals surface area contributed by atoms with E-state index in [2.05, 4.69) is 9.97 Å². The van der Waals surface area contributed by atoms with Crippen LogP contribution in [0.25, 0.3) is 0 Å². The van der Waals surface area contributed by atoms with Gasteiger partial charge >= 0.3 is 0 Å². The van der Waals surface area contributed by atoms with Gasteiger partial charge in [-0.15, -0.1) is 0 Å². The van der Waals surface area contributed by atoms with Crippen LogP contribution in [0.4, 0.5) is 5.95 Å². The molecule has 1 rings (SSSR count). The maximum absolute atomic E-state index is 11.4. The van der Waals surface area contributed by atoms with Crippen molar-refractivity contribution in [3.8, 4) is 0 Å². The number of hydrogen-bond acceptors (Lipinski definition) is 5. The van der Waals surface area contributed by atoms with Crippen molar-refractivity contribution in [2.24, 2.45) is 0 Å². The second-order valence-corrected chi connectivity index (χ2v) is 3.32. The summed E-state index contributed by atoms with van der Waals surface area (Å²) in [6, 6.07) is 0. The minimum atomic E-state index is -0.427. The average Bonchev–Trinajstić information content (AvgIpc) is 2.17. The van der Waals surface area contributed by atoms with Gasteiger partial charge in [0.1, 0.15) is 0 Å². The zero-order chi connectivity index (χ0) is 11.4. The summed E-state index contributed by atoms with van der Waals surface area (Å²) in [6.45, 7) is 3.34. The van der Waals surface area contributed by atoms with Crippen LogP contribution >= 0.6 is 0 Å². The topological polar surface area (TPSA) is 101 Å². The third-order valence-electron chi connectivity index (χ3n) is 1.98. The van der Waals surface area contributed by atoms with Crippen molar-refractivity contribution in [2.75, 3.05) is 12.3 Å². The first-order valence-electron chi connectivity index (χ1n) is 4.65. The Kier molecular flexibility index (Phi) is 3.81. The molecular formula is C9H15N3O3. The summed E-state index contributed by atoms with van der Waals surface area (Å²) in [7, 11) is 0. The van der Waals surface area contributed by atoms with Crippen LogP contribution in [0.1, 0.15) is 25.5 Å². The minimum Gasteiger partial charge on any atom is -0.394 e. The summed E-state index contributed by atoms with van der Waals surface area (Å²) in [6.07, 6.45) is 0.629. The van der Waals surface area contributed by atoms with E-state index in [1.165, 1.54) is 6.20 Å².